The van der Waals surface area contributed by atoms with Gasteiger partial charge in [-0.1, -0.05) is 6.92 Å². The highest BCUT2D eigenvalue weighted by Crippen LogP contribution is 2.47. The van der Waals surface area contributed by atoms with Crippen LogP contribution < -0.4 is 5.32 Å². The molecule has 0 radical (unpaired) electrons. The van der Waals surface area contributed by atoms with Gasteiger partial charge in [-0.2, -0.15) is 0 Å². The predicted octanol–water partition coefficient (Wildman–Crippen LogP) is 1.71. The number of rotatable bonds is 5. The van der Waals surface area contributed by atoms with E-state index in [1.54, 1.807) is 18.9 Å². The van der Waals surface area contributed by atoms with Crippen LogP contribution >= 0.6 is 0 Å². The van der Waals surface area contributed by atoms with E-state index in [0.29, 0.717) is 23.7 Å². The van der Waals surface area contributed by atoms with Crippen molar-refractivity contribution in [3.05, 3.63) is 11.8 Å². The zero-order valence-electron chi connectivity index (χ0n) is 11.2. The minimum Gasteiger partial charge on any atom is -0.424 e. The van der Waals surface area contributed by atoms with Crippen LogP contribution in [0.4, 0.5) is 4.79 Å². The summed E-state index contributed by atoms with van der Waals surface area (Å²) in [5, 5.41) is 10.6. The monoisotopic (exact) mass is 252 g/mol. The number of hydrogen-bond acceptors (Lipinski definition) is 4. The van der Waals surface area contributed by atoms with Crippen LogP contribution in [0.3, 0.4) is 0 Å². The maximum absolute atomic E-state index is 11.9. The van der Waals surface area contributed by atoms with Crippen LogP contribution in [-0.4, -0.2) is 34.7 Å². The van der Waals surface area contributed by atoms with Crippen molar-refractivity contribution in [3.63, 3.8) is 0 Å². The molecule has 0 aromatic carbocycles. The molecule has 0 unspecified atom stereocenters. The van der Waals surface area contributed by atoms with Gasteiger partial charge in [-0.3, -0.25) is 0 Å². The number of amides is 2. The van der Waals surface area contributed by atoms with Crippen LogP contribution in [0.1, 0.15) is 38.0 Å². The van der Waals surface area contributed by atoms with Crippen molar-refractivity contribution in [2.45, 2.75) is 39.7 Å². The number of aryl methyl sites for hydroxylation is 1. The van der Waals surface area contributed by atoms with Crippen LogP contribution in [0.2, 0.25) is 0 Å². The van der Waals surface area contributed by atoms with Crippen molar-refractivity contribution in [2.24, 2.45) is 5.41 Å². The number of nitrogens with one attached hydrogen (secondary N) is 1. The SMILES string of the molecule is CCC1(CNC(=O)N(C)Cc2nnc(C)o2)CC1. The summed E-state index contributed by atoms with van der Waals surface area (Å²) < 4.78 is 5.24. The fraction of sp³-hybridized carbons (Fsp3) is 0.750. The Labute approximate surface area is 107 Å². The average Bonchev–Trinajstić information content (AvgIpc) is 3.03. The Morgan fingerprint density at radius 3 is 2.72 bits per heavy atom. The molecule has 2 amide bonds. The molecule has 1 saturated carbocycles. The molecule has 1 aromatic rings. The van der Waals surface area contributed by atoms with Crippen molar-refractivity contribution in [1.29, 1.82) is 0 Å². The zero-order valence-corrected chi connectivity index (χ0v) is 11.2. The number of carbonyl (C=O) groups excluding carboxylic acids is 1. The van der Waals surface area contributed by atoms with Crippen LogP contribution in [-0.2, 0) is 6.54 Å². The van der Waals surface area contributed by atoms with Crippen molar-refractivity contribution in [3.8, 4) is 0 Å². The Bertz CT molecular complexity index is 425. The zero-order chi connectivity index (χ0) is 13.2. The molecule has 6 nitrogen and oxygen atoms in total. The molecular formula is C12H20N4O2. The highest BCUT2D eigenvalue weighted by atomic mass is 16.4. The molecule has 0 bridgehead atoms. The van der Waals surface area contributed by atoms with Crippen LogP contribution in [0.25, 0.3) is 0 Å². The number of aromatic nitrogens is 2. The summed E-state index contributed by atoms with van der Waals surface area (Å²) in [6.07, 6.45) is 3.56. The molecule has 0 spiro atoms. The van der Waals surface area contributed by atoms with Crippen molar-refractivity contribution in [1.82, 2.24) is 20.4 Å². The molecule has 0 atom stereocenters. The summed E-state index contributed by atoms with van der Waals surface area (Å²) in [6.45, 7) is 5.00. The van der Waals surface area contributed by atoms with E-state index in [9.17, 15) is 4.79 Å². The minimum atomic E-state index is -0.0921. The Kier molecular flexibility index (Phi) is 3.54. The van der Waals surface area contributed by atoms with Crippen LogP contribution in [0.15, 0.2) is 4.42 Å². The maximum atomic E-state index is 11.9. The lowest BCUT2D eigenvalue weighted by atomic mass is 10.0. The molecular weight excluding hydrogens is 232 g/mol. The number of carbonyl (C=O) groups is 1. The van der Waals surface area contributed by atoms with Crippen molar-refractivity contribution in [2.75, 3.05) is 13.6 Å². The smallest absolute Gasteiger partial charge is 0.317 e. The third-order valence-electron chi connectivity index (χ3n) is 3.61. The second kappa shape index (κ2) is 4.96. The second-order valence-electron chi connectivity index (χ2n) is 5.08. The van der Waals surface area contributed by atoms with Gasteiger partial charge in [0.2, 0.25) is 11.8 Å². The van der Waals surface area contributed by atoms with E-state index in [4.69, 9.17) is 4.42 Å². The summed E-state index contributed by atoms with van der Waals surface area (Å²) in [4.78, 5) is 13.4. The molecule has 1 aliphatic carbocycles. The van der Waals surface area contributed by atoms with Gasteiger partial charge < -0.3 is 14.6 Å². The topological polar surface area (TPSA) is 71.3 Å². The van der Waals surface area contributed by atoms with E-state index < -0.39 is 0 Å². The molecule has 1 N–H and O–H groups in total. The quantitative estimate of drug-likeness (QED) is 0.866. The first-order valence-electron chi connectivity index (χ1n) is 6.33. The Morgan fingerprint density at radius 1 is 1.50 bits per heavy atom. The van der Waals surface area contributed by atoms with Gasteiger partial charge in [-0.15, -0.1) is 10.2 Å². The number of hydrogen-bond donors (Lipinski definition) is 1. The summed E-state index contributed by atoms with van der Waals surface area (Å²) >= 11 is 0. The van der Waals surface area contributed by atoms with E-state index in [1.807, 2.05) is 0 Å². The van der Waals surface area contributed by atoms with Gasteiger partial charge in [0.15, 0.2) is 0 Å². The summed E-state index contributed by atoms with van der Waals surface area (Å²) in [7, 11) is 1.72. The standard InChI is InChI=1S/C12H20N4O2/c1-4-12(5-6-12)8-13-11(17)16(3)7-10-15-14-9(2)18-10/h4-8H2,1-3H3,(H,13,17). The third-order valence-corrected chi connectivity index (χ3v) is 3.61. The van der Waals surface area contributed by atoms with Crippen LogP contribution in [0.5, 0.6) is 0 Å². The molecule has 6 heteroatoms. The predicted molar refractivity (Wildman–Crippen MR) is 65.9 cm³/mol. The second-order valence-corrected chi connectivity index (χ2v) is 5.08. The fourth-order valence-electron chi connectivity index (χ4n) is 1.91. The van der Waals surface area contributed by atoms with E-state index in [2.05, 4.69) is 22.4 Å². The Balaban J connectivity index is 1.78. The van der Waals surface area contributed by atoms with Gasteiger partial charge in [0.1, 0.15) is 6.54 Å². The first-order chi connectivity index (χ1) is 8.54. The lowest BCUT2D eigenvalue weighted by Gasteiger charge is -2.19. The van der Waals surface area contributed by atoms with Gasteiger partial charge in [0, 0.05) is 20.5 Å². The highest BCUT2D eigenvalue weighted by molar-refractivity contribution is 5.73. The Morgan fingerprint density at radius 2 is 2.22 bits per heavy atom. The van der Waals surface area contributed by atoms with Gasteiger partial charge in [-0.05, 0) is 24.7 Å². The summed E-state index contributed by atoms with van der Waals surface area (Å²) in [5.74, 6) is 0.975. The van der Waals surface area contributed by atoms with E-state index in [1.165, 1.54) is 12.8 Å². The van der Waals surface area contributed by atoms with E-state index in [-0.39, 0.29) is 6.03 Å². The molecule has 1 aromatic heterocycles. The van der Waals surface area contributed by atoms with Gasteiger partial charge in [0.25, 0.3) is 0 Å². The third kappa shape index (κ3) is 3.00. The first-order valence-corrected chi connectivity index (χ1v) is 6.33. The minimum absolute atomic E-state index is 0.0921. The molecule has 100 valence electrons. The van der Waals surface area contributed by atoms with E-state index in [0.717, 1.165) is 13.0 Å². The lowest BCUT2D eigenvalue weighted by molar-refractivity contribution is 0.199. The summed E-state index contributed by atoms with van der Waals surface area (Å²) in [6, 6.07) is -0.0921. The van der Waals surface area contributed by atoms with Gasteiger partial charge in [-0.25, -0.2) is 4.79 Å². The maximum Gasteiger partial charge on any atom is 0.317 e. The number of urea groups is 1. The molecule has 0 aliphatic heterocycles. The van der Waals surface area contributed by atoms with E-state index >= 15 is 0 Å². The fourth-order valence-corrected chi connectivity index (χ4v) is 1.91. The van der Waals surface area contributed by atoms with Gasteiger partial charge in [0.05, 0.1) is 0 Å². The summed E-state index contributed by atoms with van der Waals surface area (Å²) in [5.41, 5.74) is 0.359. The molecule has 2 rings (SSSR count). The molecule has 1 fully saturated rings. The normalized spacial score (nSPS) is 16.4. The highest BCUT2D eigenvalue weighted by Gasteiger charge is 2.40. The lowest BCUT2D eigenvalue weighted by Crippen LogP contribution is -2.39. The molecule has 1 aliphatic rings. The number of nitrogens with zero attached hydrogens (tertiary/aromatic N) is 3. The molecule has 1 heterocycles. The Hall–Kier alpha value is -1.59. The van der Waals surface area contributed by atoms with Crippen molar-refractivity contribution < 1.29 is 9.21 Å². The van der Waals surface area contributed by atoms with Crippen molar-refractivity contribution >= 4 is 6.03 Å². The van der Waals surface area contributed by atoms with Gasteiger partial charge >= 0.3 is 6.03 Å². The molecule has 18 heavy (non-hydrogen) atoms. The largest absolute Gasteiger partial charge is 0.424 e. The van der Waals surface area contributed by atoms with Crippen LogP contribution in [0, 0.1) is 12.3 Å². The average molecular weight is 252 g/mol. The first kappa shape index (κ1) is 12.9. The molecule has 0 saturated heterocycles.